The van der Waals surface area contributed by atoms with Crippen LogP contribution in [0.2, 0.25) is 0 Å². The van der Waals surface area contributed by atoms with Crippen molar-refractivity contribution < 1.29 is 4.74 Å². The van der Waals surface area contributed by atoms with E-state index in [-0.39, 0.29) is 0 Å². The lowest BCUT2D eigenvalue weighted by atomic mass is 9.74. The lowest BCUT2D eigenvalue weighted by molar-refractivity contribution is 0.0539. The van der Waals surface area contributed by atoms with Crippen LogP contribution < -0.4 is 5.32 Å². The first-order chi connectivity index (χ1) is 8.63. The molecule has 0 aromatic heterocycles. The van der Waals surface area contributed by atoms with Crippen molar-refractivity contribution in [3.05, 3.63) is 0 Å². The predicted molar refractivity (Wildman–Crippen MR) is 76.7 cm³/mol. The fraction of sp³-hybridized carbons (Fsp3) is 1.00. The molecule has 2 fully saturated rings. The minimum Gasteiger partial charge on any atom is -0.381 e. The summed E-state index contributed by atoms with van der Waals surface area (Å²) in [6, 6.07) is 0.732. The molecule has 0 radical (unpaired) electrons. The molecule has 1 heterocycles. The highest BCUT2D eigenvalue weighted by Crippen LogP contribution is 2.45. The minimum absolute atomic E-state index is 0.540. The molecule has 2 nitrogen and oxygen atoms in total. The average molecular weight is 253 g/mol. The first kappa shape index (κ1) is 14.3. The Morgan fingerprint density at radius 3 is 2.50 bits per heavy atom. The summed E-state index contributed by atoms with van der Waals surface area (Å²) < 4.78 is 5.49. The third-order valence-electron chi connectivity index (χ3n) is 5.22. The molecule has 2 atom stereocenters. The van der Waals surface area contributed by atoms with E-state index in [1.807, 2.05) is 0 Å². The molecule has 0 amide bonds. The van der Waals surface area contributed by atoms with Gasteiger partial charge in [-0.25, -0.2) is 0 Å². The van der Waals surface area contributed by atoms with Crippen LogP contribution in [0.15, 0.2) is 0 Å². The van der Waals surface area contributed by atoms with Gasteiger partial charge in [0.15, 0.2) is 0 Å². The van der Waals surface area contributed by atoms with E-state index in [1.54, 1.807) is 0 Å². The second-order valence-electron chi connectivity index (χ2n) is 6.94. The van der Waals surface area contributed by atoms with Crippen molar-refractivity contribution in [2.75, 3.05) is 19.8 Å². The van der Waals surface area contributed by atoms with Crippen molar-refractivity contribution in [1.29, 1.82) is 0 Å². The molecule has 0 aromatic rings. The van der Waals surface area contributed by atoms with Gasteiger partial charge in [-0.2, -0.15) is 0 Å². The van der Waals surface area contributed by atoms with Crippen LogP contribution in [0.25, 0.3) is 0 Å². The smallest absolute Gasteiger partial charge is 0.0468 e. The molecule has 1 N–H and O–H groups in total. The van der Waals surface area contributed by atoms with Crippen molar-refractivity contribution in [2.24, 2.45) is 17.3 Å². The Bertz CT molecular complexity index is 245. The molecule has 1 aliphatic heterocycles. The summed E-state index contributed by atoms with van der Waals surface area (Å²) in [5.74, 6) is 1.76. The third kappa shape index (κ3) is 3.48. The van der Waals surface area contributed by atoms with Gasteiger partial charge in [0.1, 0.15) is 0 Å². The van der Waals surface area contributed by atoms with Gasteiger partial charge >= 0.3 is 0 Å². The molecule has 2 rings (SSSR count). The summed E-state index contributed by atoms with van der Waals surface area (Å²) in [5, 5.41) is 3.79. The molecular weight excluding hydrogens is 222 g/mol. The molecule has 2 heteroatoms. The van der Waals surface area contributed by atoms with Crippen LogP contribution in [0.4, 0.5) is 0 Å². The Morgan fingerprint density at radius 2 is 1.94 bits per heavy atom. The van der Waals surface area contributed by atoms with E-state index in [0.29, 0.717) is 5.41 Å². The van der Waals surface area contributed by atoms with Crippen LogP contribution in [0.3, 0.4) is 0 Å². The van der Waals surface area contributed by atoms with Gasteiger partial charge in [-0.05, 0) is 55.9 Å². The summed E-state index contributed by atoms with van der Waals surface area (Å²) in [7, 11) is 0. The van der Waals surface area contributed by atoms with Crippen LogP contribution in [0, 0.1) is 17.3 Å². The zero-order valence-electron chi connectivity index (χ0n) is 12.5. The molecule has 0 bridgehead atoms. The summed E-state index contributed by atoms with van der Waals surface area (Å²) in [6.45, 7) is 10.3. The van der Waals surface area contributed by atoms with Crippen molar-refractivity contribution in [3.63, 3.8) is 0 Å². The molecule has 106 valence electrons. The first-order valence-electron chi connectivity index (χ1n) is 7.94. The standard InChI is InChI=1S/C16H31NO/c1-4-17-15(12-13-7-10-18-11-8-13)14-6-5-9-16(14,2)3/h13-15,17H,4-12H2,1-3H3. The van der Waals surface area contributed by atoms with E-state index >= 15 is 0 Å². The Kier molecular flexibility index (Phi) is 5.08. The summed E-state index contributed by atoms with van der Waals surface area (Å²) in [4.78, 5) is 0. The Hall–Kier alpha value is -0.0800. The molecule has 2 aliphatic rings. The Labute approximate surface area is 113 Å². The minimum atomic E-state index is 0.540. The largest absolute Gasteiger partial charge is 0.381 e. The van der Waals surface area contributed by atoms with E-state index in [1.165, 1.54) is 38.5 Å². The van der Waals surface area contributed by atoms with Crippen LogP contribution in [0.1, 0.15) is 59.3 Å². The zero-order valence-corrected chi connectivity index (χ0v) is 12.5. The van der Waals surface area contributed by atoms with Crippen molar-refractivity contribution >= 4 is 0 Å². The van der Waals surface area contributed by atoms with Crippen LogP contribution in [-0.2, 0) is 4.74 Å². The predicted octanol–water partition coefficient (Wildman–Crippen LogP) is 3.61. The molecule has 0 aromatic carbocycles. The van der Waals surface area contributed by atoms with Gasteiger partial charge in [-0.3, -0.25) is 0 Å². The van der Waals surface area contributed by atoms with E-state index in [2.05, 4.69) is 26.1 Å². The molecular formula is C16H31NO. The topological polar surface area (TPSA) is 21.3 Å². The van der Waals surface area contributed by atoms with Gasteiger partial charge in [0.25, 0.3) is 0 Å². The quantitative estimate of drug-likeness (QED) is 0.808. The normalized spacial score (nSPS) is 30.5. The summed E-state index contributed by atoms with van der Waals surface area (Å²) in [6.07, 6.45) is 8.17. The number of ether oxygens (including phenoxy) is 1. The fourth-order valence-electron chi connectivity index (χ4n) is 4.09. The van der Waals surface area contributed by atoms with Crippen LogP contribution in [0.5, 0.6) is 0 Å². The SMILES string of the molecule is CCNC(CC1CCOCC1)C1CCCC1(C)C. The number of hydrogen-bond donors (Lipinski definition) is 1. The molecule has 1 saturated heterocycles. The van der Waals surface area contributed by atoms with Gasteiger partial charge in [0.2, 0.25) is 0 Å². The molecule has 2 unspecified atom stereocenters. The highest BCUT2D eigenvalue weighted by atomic mass is 16.5. The summed E-state index contributed by atoms with van der Waals surface area (Å²) in [5.41, 5.74) is 0.540. The first-order valence-corrected chi connectivity index (χ1v) is 7.94. The monoisotopic (exact) mass is 253 g/mol. The van der Waals surface area contributed by atoms with Crippen LogP contribution >= 0.6 is 0 Å². The second-order valence-corrected chi connectivity index (χ2v) is 6.94. The molecule has 18 heavy (non-hydrogen) atoms. The lowest BCUT2D eigenvalue weighted by Crippen LogP contribution is -2.42. The fourth-order valence-corrected chi connectivity index (χ4v) is 4.09. The molecule has 1 saturated carbocycles. The lowest BCUT2D eigenvalue weighted by Gasteiger charge is -2.37. The average Bonchev–Trinajstić information content (AvgIpc) is 2.70. The maximum Gasteiger partial charge on any atom is 0.0468 e. The Balaban J connectivity index is 1.94. The number of hydrogen-bond acceptors (Lipinski definition) is 2. The Morgan fingerprint density at radius 1 is 1.22 bits per heavy atom. The molecule has 1 aliphatic carbocycles. The van der Waals surface area contributed by atoms with Crippen molar-refractivity contribution in [2.45, 2.75) is 65.3 Å². The third-order valence-corrected chi connectivity index (χ3v) is 5.22. The van der Waals surface area contributed by atoms with Gasteiger partial charge in [0, 0.05) is 19.3 Å². The van der Waals surface area contributed by atoms with Gasteiger partial charge in [-0.15, -0.1) is 0 Å². The molecule has 0 spiro atoms. The maximum atomic E-state index is 5.49. The van der Waals surface area contributed by atoms with Gasteiger partial charge < -0.3 is 10.1 Å². The highest BCUT2D eigenvalue weighted by molar-refractivity contribution is 4.93. The second kappa shape index (κ2) is 6.38. The van der Waals surface area contributed by atoms with Crippen LogP contribution in [-0.4, -0.2) is 25.8 Å². The van der Waals surface area contributed by atoms with E-state index < -0.39 is 0 Å². The zero-order chi connectivity index (χ0) is 13.0. The number of nitrogens with one attached hydrogen (secondary N) is 1. The maximum absolute atomic E-state index is 5.49. The highest BCUT2D eigenvalue weighted by Gasteiger charge is 2.39. The summed E-state index contributed by atoms with van der Waals surface area (Å²) >= 11 is 0. The van der Waals surface area contributed by atoms with E-state index in [0.717, 1.165) is 37.6 Å². The van der Waals surface area contributed by atoms with Crippen molar-refractivity contribution in [1.82, 2.24) is 5.32 Å². The van der Waals surface area contributed by atoms with E-state index in [4.69, 9.17) is 4.74 Å². The number of rotatable bonds is 5. The van der Waals surface area contributed by atoms with E-state index in [9.17, 15) is 0 Å². The van der Waals surface area contributed by atoms with Gasteiger partial charge in [-0.1, -0.05) is 27.2 Å². The van der Waals surface area contributed by atoms with Crippen molar-refractivity contribution in [3.8, 4) is 0 Å². The van der Waals surface area contributed by atoms with Gasteiger partial charge in [0.05, 0.1) is 0 Å².